The summed E-state index contributed by atoms with van der Waals surface area (Å²) in [4.78, 5) is 48.1. The Bertz CT molecular complexity index is 1330. The van der Waals surface area contributed by atoms with Crippen molar-refractivity contribution in [1.29, 1.82) is 0 Å². The molecule has 2 aliphatic carbocycles. The van der Waals surface area contributed by atoms with Gasteiger partial charge >= 0.3 is 23.9 Å². The van der Waals surface area contributed by atoms with Crippen molar-refractivity contribution in [2.45, 2.75) is 104 Å². The number of carbonyl (C=O) groups is 3. The third-order valence-electron chi connectivity index (χ3n) is 8.84. The molecule has 2 aromatic rings. The normalized spacial score (nSPS) is 21.1. The van der Waals surface area contributed by atoms with E-state index in [2.05, 4.69) is 13.0 Å². The second-order valence-corrected chi connectivity index (χ2v) is 11.7. The van der Waals surface area contributed by atoms with Crippen LogP contribution in [0.2, 0.25) is 0 Å². The first kappa shape index (κ1) is 33.1. The number of carbonyl (C=O) groups excluding carboxylic acids is 3. The highest BCUT2D eigenvalue weighted by Gasteiger charge is 2.47. The highest BCUT2D eigenvalue weighted by molar-refractivity contribution is 5.71. The van der Waals surface area contributed by atoms with Crippen LogP contribution in [-0.2, 0) is 48.0 Å². The fraction of sp³-hybridized carbons (Fsp3) is 0.636. The summed E-state index contributed by atoms with van der Waals surface area (Å²) in [7, 11) is 1.32. The van der Waals surface area contributed by atoms with Crippen LogP contribution in [-0.4, -0.2) is 44.0 Å². The van der Waals surface area contributed by atoms with Gasteiger partial charge in [-0.1, -0.05) is 38.8 Å². The van der Waals surface area contributed by atoms with Gasteiger partial charge in [0.05, 0.1) is 7.11 Å². The van der Waals surface area contributed by atoms with Crippen LogP contribution >= 0.6 is 0 Å². The molecule has 4 rings (SSSR count). The molecule has 0 bridgehead atoms. The number of hydrogen-bond acceptors (Lipinski definition) is 11. The lowest BCUT2D eigenvalue weighted by Gasteiger charge is -2.33. The zero-order chi connectivity index (χ0) is 31.6. The van der Waals surface area contributed by atoms with Gasteiger partial charge in [0.1, 0.15) is 18.0 Å². The first-order valence-corrected chi connectivity index (χ1v) is 15.6. The van der Waals surface area contributed by atoms with Gasteiger partial charge in [0.15, 0.2) is 24.7 Å². The van der Waals surface area contributed by atoms with Crippen molar-refractivity contribution in [3.8, 4) is 5.75 Å². The number of esters is 2. The van der Waals surface area contributed by atoms with Gasteiger partial charge in [0.2, 0.25) is 0 Å². The van der Waals surface area contributed by atoms with Crippen LogP contribution in [0.15, 0.2) is 31.8 Å². The molecule has 5 unspecified atom stereocenters. The average molecular weight is 617 g/mol. The predicted octanol–water partition coefficient (Wildman–Crippen LogP) is 5.85. The van der Waals surface area contributed by atoms with Crippen molar-refractivity contribution in [3.05, 3.63) is 51.5 Å². The molecule has 0 aliphatic heterocycles. The summed E-state index contributed by atoms with van der Waals surface area (Å²) >= 11 is 0. The summed E-state index contributed by atoms with van der Waals surface area (Å²) in [5.41, 5.74) is 2.20. The number of hydrogen-bond donors (Lipinski definition) is 0. The molecule has 0 spiro atoms. The number of fused-ring (bicyclic) bond motifs is 2. The topological polar surface area (TPSA) is 141 Å². The first-order chi connectivity index (χ1) is 21.2. The number of rotatable bonds is 15. The van der Waals surface area contributed by atoms with E-state index in [4.69, 9.17) is 32.5 Å². The molecule has 1 saturated carbocycles. The maximum absolute atomic E-state index is 12.9. The minimum atomic E-state index is -0.860. The number of aryl methyl sites for hydroxylation is 1. The van der Waals surface area contributed by atoms with E-state index in [1.54, 1.807) is 13.8 Å². The lowest BCUT2D eigenvalue weighted by molar-refractivity contribution is -0.149. The maximum atomic E-state index is 12.9. The Morgan fingerprint density at radius 1 is 1.05 bits per heavy atom. The molecule has 0 radical (unpaired) electrons. The lowest BCUT2D eigenvalue weighted by Crippen LogP contribution is -2.30. The molecule has 0 saturated heterocycles. The molecule has 0 amide bonds. The van der Waals surface area contributed by atoms with Gasteiger partial charge in [-0.2, -0.15) is 0 Å². The van der Waals surface area contributed by atoms with Gasteiger partial charge in [-0.25, -0.2) is 14.4 Å². The highest BCUT2D eigenvalue weighted by Crippen LogP contribution is 2.49. The molecule has 44 heavy (non-hydrogen) atoms. The van der Waals surface area contributed by atoms with Crippen molar-refractivity contribution in [1.82, 2.24) is 0 Å². The van der Waals surface area contributed by atoms with Crippen molar-refractivity contribution < 1.29 is 46.9 Å². The Hall–Kier alpha value is -3.76. The Labute approximate surface area is 257 Å². The van der Waals surface area contributed by atoms with Crippen LogP contribution in [0.1, 0.15) is 87.9 Å². The quantitative estimate of drug-likeness (QED) is 0.135. The molecule has 0 N–H and O–H groups in total. The van der Waals surface area contributed by atoms with Crippen molar-refractivity contribution >= 4 is 18.1 Å². The first-order valence-electron chi connectivity index (χ1n) is 15.6. The largest absolute Gasteiger partial charge is 0.519 e. The van der Waals surface area contributed by atoms with Gasteiger partial charge < -0.3 is 32.5 Å². The summed E-state index contributed by atoms with van der Waals surface area (Å²) < 4.78 is 37.4. The van der Waals surface area contributed by atoms with Gasteiger partial charge in [-0.3, -0.25) is 4.79 Å². The third kappa shape index (κ3) is 8.66. The Morgan fingerprint density at radius 3 is 2.57 bits per heavy atom. The van der Waals surface area contributed by atoms with E-state index in [0.29, 0.717) is 31.4 Å². The highest BCUT2D eigenvalue weighted by atomic mass is 16.7. The average Bonchev–Trinajstić information content (AvgIpc) is 3.52. The van der Waals surface area contributed by atoms with E-state index >= 15 is 0 Å². The fourth-order valence-corrected chi connectivity index (χ4v) is 6.56. The van der Waals surface area contributed by atoms with Gasteiger partial charge in [0.25, 0.3) is 0 Å². The second-order valence-electron chi connectivity index (χ2n) is 11.7. The Morgan fingerprint density at radius 2 is 1.86 bits per heavy atom. The number of methoxy groups -OCH3 is 1. The molecular formula is C33H44O11. The molecule has 1 fully saturated rings. The summed E-state index contributed by atoms with van der Waals surface area (Å²) in [6, 6.07) is 5.86. The molecule has 11 nitrogen and oxygen atoms in total. The molecule has 1 aromatic heterocycles. The number of unbranched alkanes of at least 4 members (excludes halogenated alkanes) is 2. The summed E-state index contributed by atoms with van der Waals surface area (Å²) in [6.45, 7) is 5.03. The van der Waals surface area contributed by atoms with E-state index in [0.717, 1.165) is 49.7 Å². The molecule has 2 aliphatic rings. The summed E-state index contributed by atoms with van der Waals surface area (Å²) in [5.74, 6) is -0.0407. The molecule has 11 heteroatoms. The van der Waals surface area contributed by atoms with E-state index in [1.165, 1.54) is 7.11 Å². The number of ether oxygens (including phenoxy) is 5. The molecule has 5 atom stereocenters. The summed E-state index contributed by atoms with van der Waals surface area (Å²) in [6.07, 6.45) is 6.29. The van der Waals surface area contributed by atoms with Crippen LogP contribution in [0.5, 0.6) is 5.75 Å². The van der Waals surface area contributed by atoms with Crippen LogP contribution in [0.3, 0.4) is 0 Å². The smallest absolute Gasteiger partial charge is 0.482 e. The predicted molar refractivity (Wildman–Crippen MR) is 157 cm³/mol. The van der Waals surface area contributed by atoms with E-state index in [-0.39, 0.29) is 54.6 Å². The minimum absolute atomic E-state index is 0.0166. The van der Waals surface area contributed by atoms with Gasteiger partial charge in [-0.05, 0) is 86.8 Å². The van der Waals surface area contributed by atoms with Crippen LogP contribution < -0.4 is 10.6 Å². The van der Waals surface area contributed by atoms with Crippen molar-refractivity contribution in [2.75, 3.05) is 13.7 Å². The van der Waals surface area contributed by atoms with Crippen LogP contribution in [0, 0.1) is 24.7 Å². The van der Waals surface area contributed by atoms with Crippen molar-refractivity contribution in [2.24, 2.45) is 17.8 Å². The lowest BCUT2D eigenvalue weighted by atomic mass is 9.73. The van der Waals surface area contributed by atoms with Gasteiger partial charge in [-0.15, -0.1) is 0 Å². The molecular weight excluding hydrogens is 572 g/mol. The van der Waals surface area contributed by atoms with Gasteiger partial charge in [0, 0.05) is 6.42 Å². The Balaban J connectivity index is 1.50. The minimum Gasteiger partial charge on any atom is -0.482 e. The fourth-order valence-electron chi connectivity index (χ4n) is 6.56. The monoisotopic (exact) mass is 616 g/mol. The third-order valence-corrected chi connectivity index (χ3v) is 8.84. The van der Waals surface area contributed by atoms with E-state index in [1.807, 2.05) is 12.1 Å². The van der Waals surface area contributed by atoms with E-state index < -0.39 is 24.1 Å². The molecule has 242 valence electrons. The number of benzene rings is 1. The SMILES string of the molecule is CCCCCC(CCC1C(OC(=O)OCc2oc(=O)oc2C)CC2Cc3c(cccc3OCC(=O)OC)CC21)OC(=O)CC. The summed E-state index contributed by atoms with van der Waals surface area (Å²) in [5, 5.41) is 0. The van der Waals surface area contributed by atoms with E-state index in [9.17, 15) is 19.2 Å². The maximum Gasteiger partial charge on any atom is 0.519 e. The zero-order valence-corrected chi connectivity index (χ0v) is 26.1. The van der Waals surface area contributed by atoms with Crippen molar-refractivity contribution in [3.63, 3.8) is 0 Å². The standard InChI is InChI=1S/C33H44O11/c1-5-7-8-11-23(42-30(34)6-2)13-14-24-25-15-21-10-9-12-27(39-19-31(35)38-4)26(21)16-22(25)17-28(24)43-32(36)40-18-29-20(3)41-33(37)44-29/h9-10,12,22-25,28H,5-8,11,13-19H2,1-4H3. The zero-order valence-electron chi connectivity index (χ0n) is 26.1. The molecule has 1 heterocycles. The Kier molecular flexibility index (Phi) is 11.9. The van der Waals surface area contributed by atoms with Crippen LogP contribution in [0.25, 0.3) is 0 Å². The van der Waals surface area contributed by atoms with Crippen LogP contribution in [0.4, 0.5) is 4.79 Å². The second kappa shape index (κ2) is 15.8. The molecule has 1 aromatic carbocycles.